The molecule has 1 aromatic heterocycles. The van der Waals surface area contributed by atoms with E-state index in [1.54, 1.807) is 19.4 Å². The summed E-state index contributed by atoms with van der Waals surface area (Å²) in [5, 5.41) is 3.20. The second-order valence-corrected chi connectivity index (χ2v) is 3.80. The molecule has 0 amide bonds. The molecule has 0 atom stereocenters. The second kappa shape index (κ2) is 5.49. The third-order valence-electron chi connectivity index (χ3n) is 2.58. The van der Waals surface area contributed by atoms with Crippen LogP contribution in [-0.2, 0) is 0 Å². The Morgan fingerprint density at radius 1 is 1.28 bits per heavy atom. The normalized spacial score (nSPS) is 10.2. The Kier molecular flexibility index (Phi) is 3.77. The lowest BCUT2D eigenvalue weighted by atomic mass is 10.1. The minimum atomic E-state index is -0.304. The van der Waals surface area contributed by atoms with E-state index in [2.05, 4.69) is 10.3 Å². The lowest BCUT2D eigenvalue weighted by molar-refractivity contribution is 0.415. The predicted octanol–water partition coefficient (Wildman–Crippen LogP) is 3.33. The van der Waals surface area contributed by atoms with Crippen LogP contribution in [0.2, 0.25) is 0 Å². The number of methoxy groups -OCH3 is 1. The van der Waals surface area contributed by atoms with Gasteiger partial charge in [-0.15, -0.1) is 0 Å². The first kappa shape index (κ1) is 12.4. The summed E-state index contributed by atoms with van der Waals surface area (Å²) in [6, 6.07) is 8.15. The monoisotopic (exact) mass is 246 g/mol. The SMILES string of the molecule is CCNc1ccnc(-c2cc(F)ccc2OC)c1. The highest BCUT2D eigenvalue weighted by atomic mass is 19.1. The van der Waals surface area contributed by atoms with E-state index in [1.165, 1.54) is 12.1 Å². The van der Waals surface area contributed by atoms with Gasteiger partial charge in [-0.2, -0.15) is 0 Å². The van der Waals surface area contributed by atoms with Crippen molar-refractivity contribution in [1.82, 2.24) is 4.98 Å². The van der Waals surface area contributed by atoms with Gasteiger partial charge in [0.1, 0.15) is 11.6 Å². The summed E-state index contributed by atoms with van der Waals surface area (Å²) in [5.41, 5.74) is 2.29. The van der Waals surface area contributed by atoms with E-state index in [9.17, 15) is 4.39 Å². The van der Waals surface area contributed by atoms with Gasteiger partial charge in [-0.05, 0) is 37.3 Å². The summed E-state index contributed by atoms with van der Waals surface area (Å²) in [6.45, 7) is 2.84. The summed E-state index contributed by atoms with van der Waals surface area (Å²) in [7, 11) is 1.56. The topological polar surface area (TPSA) is 34.2 Å². The summed E-state index contributed by atoms with van der Waals surface area (Å²) in [6.07, 6.45) is 1.69. The van der Waals surface area contributed by atoms with Crippen molar-refractivity contribution in [2.45, 2.75) is 6.92 Å². The molecule has 4 heteroatoms. The number of ether oxygens (including phenoxy) is 1. The fourth-order valence-electron chi connectivity index (χ4n) is 1.77. The molecule has 1 heterocycles. The standard InChI is InChI=1S/C14H15FN2O/c1-3-16-11-6-7-17-13(9-11)12-8-10(15)4-5-14(12)18-2/h4-9H,3H2,1-2H3,(H,16,17). The molecule has 0 saturated heterocycles. The van der Waals surface area contributed by atoms with Crippen LogP contribution in [-0.4, -0.2) is 18.6 Å². The van der Waals surface area contributed by atoms with Gasteiger partial charge in [0.25, 0.3) is 0 Å². The molecule has 0 unspecified atom stereocenters. The van der Waals surface area contributed by atoms with E-state index in [0.29, 0.717) is 17.0 Å². The van der Waals surface area contributed by atoms with Crippen molar-refractivity contribution in [3.05, 3.63) is 42.3 Å². The molecular weight excluding hydrogens is 231 g/mol. The van der Waals surface area contributed by atoms with Gasteiger partial charge >= 0.3 is 0 Å². The number of pyridine rings is 1. The summed E-state index contributed by atoms with van der Waals surface area (Å²) < 4.78 is 18.5. The van der Waals surface area contributed by atoms with E-state index < -0.39 is 0 Å². The Labute approximate surface area is 106 Å². The van der Waals surface area contributed by atoms with Crippen LogP contribution in [0, 0.1) is 5.82 Å². The Morgan fingerprint density at radius 2 is 2.11 bits per heavy atom. The van der Waals surface area contributed by atoms with Crippen LogP contribution in [0.4, 0.5) is 10.1 Å². The van der Waals surface area contributed by atoms with Gasteiger partial charge in [0.2, 0.25) is 0 Å². The number of hydrogen-bond acceptors (Lipinski definition) is 3. The molecule has 0 radical (unpaired) electrons. The molecule has 2 rings (SSSR count). The average molecular weight is 246 g/mol. The Hall–Kier alpha value is -2.10. The van der Waals surface area contributed by atoms with E-state index in [0.717, 1.165) is 12.2 Å². The number of anilines is 1. The number of nitrogens with zero attached hydrogens (tertiary/aromatic N) is 1. The van der Waals surface area contributed by atoms with Crippen molar-refractivity contribution in [2.75, 3.05) is 19.0 Å². The van der Waals surface area contributed by atoms with Crippen LogP contribution in [0.5, 0.6) is 5.75 Å². The van der Waals surface area contributed by atoms with E-state index in [4.69, 9.17) is 4.74 Å². The first-order valence-electron chi connectivity index (χ1n) is 5.78. The number of nitrogens with one attached hydrogen (secondary N) is 1. The Bertz CT molecular complexity index is 543. The summed E-state index contributed by atoms with van der Waals surface area (Å²) in [5.74, 6) is 0.305. The molecule has 0 saturated carbocycles. The quantitative estimate of drug-likeness (QED) is 0.898. The van der Waals surface area contributed by atoms with E-state index in [-0.39, 0.29) is 5.82 Å². The molecule has 0 aliphatic heterocycles. The van der Waals surface area contributed by atoms with E-state index >= 15 is 0 Å². The zero-order chi connectivity index (χ0) is 13.0. The molecule has 1 N–H and O–H groups in total. The molecule has 0 spiro atoms. The van der Waals surface area contributed by atoms with Gasteiger partial charge < -0.3 is 10.1 Å². The zero-order valence-electron chi connectivity index (χ0n) is 10.4. The minimum absolute atomic E-state index is 0.304. The molecule has 1 aromatic carbocycles. The molecule has 2 aromatic rings. The number of rotatable bonds is 4. The van der Waals surface area contributed by atoms with Gasteiger partial charge in [-0.3, -0.25) is 4.98 Å². The first-order chi connectivity index (χ1) is 8.74. The van der Waals surface area contributed by atoms with Crippen LogP contribution in [0.15, 0.2) is 36.5 Å². The van der Waals surface area contributed by atoms with Crippen molar-refractivity contribution in [3.63, 3.8) is 0 Å². The van der Waals surface area contributed by atoms with Crippen LogP contribution in [0.25, 0.3) is 11.3 Å². The lowest BCUT2D eigenvalue weighted by Crippen LogP contribution is -1.97. The van der Waals surface area contributed by atoms with Crippen LogP contribution < -0.4 is 10.1 Å². The van der Waals surface area contributed by atoms with E-state index in [1.807, 2.05) is 19.1 Å². The fraction of sp³-hybridized carbons (Fsp3) is 0.214. The molecule has 3 nitrogen and oxygen atoms in total. The smallest absolute Gasteiger partial charge is 0.128 e. The lowest BCUT2D eigenvalue weighted by Gasteiger charge is -2.09. The Morgan fingerprint density at radius 3 is 2.83 bits per heavy atom. The van der Waals surface area contributed by atoms with Crippen molar-refractivity contribution in [3.8, 4) is 17.0 Å². The van der Waals surface area contributed by atoms with Crippen LogP contribution >= 0.6 is 0 Å². The molecular formula is C14H15FN2O. The largest absolute Gasteiger partial charge is 0.496 e. The van der Waals surface area contributed by atoms with Crippen LogP contribution in [0.1, 0.15) is 6.92 Å². The predicted molar refractivity (Wildman–Crippen MR) is 70.3 cm³/mol. The van der Waals surface area contributed by atoms with Gasteiger partial charge in [-0.25, -0.2) is 4.39 Å². The summed E-state index contributed by atoms with van der Waals surface area (Å²) in [4.78, 5) is 4.25. The highest BCUT2D eigenvalue weighted by Crippen LogP contribution is 2.30. The van der Waals surface area contributed by atoms with Gasteiger partial charge in [0.05, 0.1) is 12.8 Å². The Balaban J connectivity index is 2.47. The number of aromatic nitrogens is 1. The first-order valence-corrected chi connectivity index (χ1v) is 5.78. The van der Waals surface area contributed by atoms with Gasteiger partial charge in [0, 0.05) is 24.0 Å². The zero-order valence-corrected chi connectivity index (χ0v) is 10.4. The number of hydrogen-bond donors (Lipinski definition) is 1. The van der Waals surface area contributed by atoms with Crippen molar-refractivity contribution in [1.29, 1.82) is 0 Å². The third kappa shape index (κ3) is 2.59. The van der Waals surface area contributed by atoms with Gasteiger partial charge in [-0.1, -0.05) is 0 Å². The third-order valence-corrected chi connectivity index (χ3v) is 2.58. The van der Waals surface area contributed by atoms with Crippen molar-refractivity contribution < 1.29 is 9.13 Å². The highest BCUT2D eigenvalue weighted by molar-refractivity contribution is 5.70. The van der Waals surface area contributed by atoms with Crippen molar-refractivity contribution >= 4 is 5.69 Å². The van der Waals surface area contributed by atoms with Gasteiger partial charge in [0.15, 0.2) is 0 Å². The van der Waals surface area contributed by atoms with Crippen molar-refractivity contribution in [2.24, 2.45) is 0 Å². The number of halogens is 1. The number of benzene rings is 1. The van der Waals surface area contributed by atoms with Crippen LogP contribution in [0.3, 0.4) is 0 Å². The molecule has 94 valence electrons. The minimum Gasteiger partial charge on any atom is -0.496 e. The molecule has 0 fully saturated rings. The maximum absolute atomic E-state index is 13.3. The molecule has 18 heavy (non-hydrogen) atoms. The molecule has 0 bridgehead atoms. The average Bonchev–Trinajstić information content (AvgIpc) is 2.39. The summed E-state index contributed by atoms with van der Waals surface area (Å²) >= 11 is 0. The maximum Gasteiger partial charge on any atom is 0.128 e. The molecule has 0 aliphatic rings. The fourth-order valence-corrected chi connectivity index (χ4v) is 1.77. The second-order valence-electron chi connectivity index (χ2n) is 3.80. The molecule has 0 aliphatic carbocycles. The maximum atomic E-state index is 13.3. The highest BCUT2D eigenvalue weighted by Gasteiger charge is 2.09.